The summed E-state index contributed by atoms with van der Waals surface area (Å²) in [6.07, 6.45) is -0.982. The predicted octanol–water partition coefficient (Wildman–Crippen LogP) is 5.94. The van der Waals surface area contributed by atoms with Gasteiger partial charge in [0.15, 0.2) is 5.76 Å². The third kappa shape index (κ3) is 2.81. The number of carbonyl (C=O) groups excluding carboxylic acids is 2. The van der Waals surface area contributed by atoms with Crippen molar-refractivity contribution >= 4 is 55.4 Å². The Morgan fingerprint density at radius 2 is 1.94 bits per heavy atom. The number of carbonyl (C=O) groups is 2. The van der Waals surface area contributed by atoms with Crippen LogP contribution in [-0.2, 0) is 19.0 Å². The third-order valence-electron chi connectivity index (χ3n) is 5.56. The topological polar surface area (TPSA) is 84.2 Å². The lowest BCUT2D eigenvalue weighted by Crippen LogP contribution is -2.22. The highest BCUT2D eigenvalue weighted by Crippen LogP contribution is 2.47. The Balaban J connectivity index is 1.59. The van der Waals surface area contributed by atoms with E-state index in [1.807, 2.05) is 0 Å². The number of thiophene rings is 2. The van der Waals surface area contributed by atoms with E-state index in [0.29, 0.717) is 17.0 Å². The summed E-state index contributed by atoms with van der Waals surface area (Å²) in [7, 11) is 0. The van der Waals surface area contributed by atoms with E-state index in [2.05, 4.69) is 15.6 Å². The minimum Gasteiger partial charge on any atom is -0.463 e. The Morgan fingerprint density at radius 3 is 2.69 bits per heavy atom. The number of amides is 2. The fourth-order valence-electron chi connectivity index (χ4n) is 4.22. The van der Waals surface area contributed by atoms with Crippen LogP contribution in [-0.4, -0.2) is 16.8 Å². The quantitative estimate of drug-likeness (QED) is 0.357. The van der Waals surface area contributed by atoms with Crippen molar-refractivity contribution in [3.05, 3.63) is 50.9 Å². The van der Waals surface area contributed by atoms with Gasteiger partial charge in [0, 0.05) is 10.3 Å². The first-order valence-electron chi connectivity index (χ1n) is 9.67. The van der Waals surface area contributed by atoms with Crippen LogP contribution in [0, 0.1) is 0 Å². The second-order valence-corrected chi connectivity index (χ2v) is 9.59. The van der Waals surface area contributed by atoms with Crippen molar-refractivity contribution in [1.29, 1.82) is 0 Å². The number of nitrogens with one attached hydrogen (secondary N) is 2. The van der Waals surface area contributed by atoms with Gasteiger partial charge in [-0.2, -0.15) is 13.2 Å². The summed E-state index contributed by atoms with van der Waals surface area (Å²) in [5.74, 6) is -0.926. The molecule has 0 fully saturated rings. The van der Waals surface area contributed by atoms with Crippen LogP contribution in [0.3, 0.4) is 0 Å². The molecule has 2 amide bonds. The highest BCUT2D eigenvalue weighted by atomic mass is 32.1. The van der Waals surface area contributed by atoms with Crippen LogP contribution in [0.25, 0.3) is 21.7 Å². The van der Waals surface area contributed by atoms with E-state index in [-0.39, 0.29) is 32.2 Å². The van der Waals surface area contributed by atoms with Crippen molar-refractivity contribution in [3.63, 3.8) is 0 Å². The molecule has 11 heteroatoms. The minimum atomic E-state index is -4.74. The highest BCUT2D eigenvalue weighted by Gasteiger charge is 2.39. The van der Waals surface area contributed by atoms with E-state index in [0.717, 1.165) is 40.7 Å². The molecule has 4 aromatic rings. The maximum absolute atomic E-state index is 14.1. The number of hydrogen-bond acceptors (Lipinski definition) is 6. The number of rotatable bonds is 1. The Labute approximate surface area is 186 Å². The highest BCUT2D eigenvalue weighted by molar-refractivity contribution is 7.21. The number of alkyl halides is 3. The van der Waals surface area contributed by atoms with Gasteiger partial charge in [0.25, 0.3) is 11.8 Å². The van der Waals surface area contributed by atoms with Gasteiger partial charge in [-0.1, -0.05) is 0 Å². The number of fused-ring (bicyclic) bond motifs is 6. The largest absolute Gasteiger partial charge is 0.463 e. The van der Waals surface area contributed by atoms with Crippen LogP contribution >= 0.6 is 22.7 Å². The van der Waals surface area contributed by atoms with Crippen molar-refractivity contribution in [1.82, 2.24) is 4.98 Å². The zero-order valence-corrected chi connectivity index (χ0v) is 17.7. The maximum Gasteiger partial charge on any atom is 0.417 e. The van der Waals surface area contributed by atoms with Crippen LogP contribution in [0.4, 0.5) is 23.9 Å². The smallest absolute Gasteiger partial charge is 0.417 e. The van der Waals surface area contributed by atoms with E-state index in [9.17, 15) is 22.8 Å². The number of nitrogens with zero attached hydrogens (tertiary/aromatic N) is 1. The van der Waals surface area contributed by atoms with Crippen molar-refractivity contribution in [3.8, 4) is 11.5 Å². The summed E-state index contributed by atoms with van der Waals surface area (Å²) in [5.41, 5.74) is 0.0418. The molecular formula is C21H12F3N3O3S2. The molecule has 0 bridgehead atoms. The van der Waals surface area contributed by atoms with Crippen molar-refractivity contribution in [2.75, 3.05) is 10.6 Å². The molecular weight excluding hydrogens is 463 g/mol. The van der Waals surface area contributed by atoms with E-state index >= 15 is 0 Å². The molecule has 1 aliphatic carbocycles. The number of anilines is 2. The number of halogens is 3. The lowest BCUT2D eigenvalue weighted by Gasteiger charge is -2.16. The molecule has 162 valence electrons. The first-order valence-corrected chi connectivity index (χ1v) is 11.3. The summed E-state index contributed by atoms with van der Waals surface area (Å²) >= 11 is 2.15. The lowest BCUT2D eigenvalue weighted by molar-refractivity contribution is -0.136. The monoisotopic (exact) mass is 475 g/mol. The van der Waals surface area contributed by atoms with Gasteiger partial charge in [0.2, 0.25) is 0 Å². The molecule has 0 unspecified atom stereocenters. The molecule has 0 radical (unpaired) electrons. The van der Waals surface area contributed by atoms with Crippen molar-refractivity contribution in [2.24, 2.45) is 0 Å². The first-order chi connectivity index (χ1) is 15.3. The Morgan fingerprint density at radius 1 is 1.09 bits per heavy atom. The van der Waals surface area contributed by atoms with E-state index < -0.39 is 23.6 Å². The summed E-state index contributed by atoms with van der Waals surface area (Å²) < 4.78 is 47.4. The van der Waals surface area contributed by atoms with Gasteiger partial charge < -0.3 is 15.1 Å². The summed E-state index contributed by atoms with van der Waals surface area (Å²) in [5, 5.41) is 5.48. The average molecular weight is 475 g/mol. The van der Waals surface area contributed by atoms with Crippen LogP contribution in [0.2, 0.25) is 0 Å². The zero-order chi connectivity index (χ0) is 22.2. The molecule has 2 aliphatic rings. The van der Waals surface area contributed by atoms with E-state index in [1.165, 1.54) is 23.7 Å². The normalized spacial score (nSPS) is 15.6. The van der Waals surface area contributed by atoms with Crippen LogP contribution < -0.4 is 10.6 Å². The van der Waals surface area contributed by atoms with E-state index in [1.54, 1.807) is 6.07 Å². The molecule has 6 rings (SSSR count). The zero-order valence-electron chi connectivity index (χ0n) is 16.1. The van der Waals surface area contributed by atoms with Crippen LogP contribution in [0.1, 0.15) is 42.5 Å². The number of aryl methyl sites for hydroxylation is 1. The summed E-state index contributed by atoms with van der Waals surface area (Å²) in [6.45, 7) is 0. The Bertz CT molecular complexity index is 1430. The molecule has 0 saturated carbocycles. The van der Waals surface area contributed by atoms with Gasteiger partial charge in [-0.15, -0.1) is 22.7 Å². The number of pyridine rings is 1. The summed E-state index contributed by atoms with van der Waals surface area (Å²) in [4.78, 5) is 31.5. The van der Waals surface area contributed by atoms with Gasteiger partial charge >= 0.3 is 6.18 Å². The minimum absolute atomic E-state index is 0.00675. The molecule has 32 heavy (non-hydrogen) atoms. The molecule has 4 aromatic heterocycles. The number of furan rings is 1. The van der Waals surface area contributed by atoms with Gasteiger partial charge in [-0.3, -0.25) is 9.59 Å². The fraction of sp³-hybridized carbons (Fsp3) is 0.190. The summed E-state index contributed by atoms with van der Waals surface area (Å²) in [6, 6.07) is 3.93. The van der Waals surface area contributed by atoms with Gasteiger partial charge in [0.1, 0.15) is 20.4 Å². The van der Waals surface area contributed by atoms with Gasteiger partial charge in [-0.05, 0) is 43.0 Å². The van der Waals surface area contributed by atoms with Gasteiger partial charge in [-0.25, -0.2) is 4.98 Å². The Kier molecular flexibility index (Phi) is 4.06. The second-order valence-electron chi connectivity index (χ2n) is 7.49. The van der Waals surface area contributed by atoms with Gasteiger partial charge in [0.05, 0.1) is 23.1 Å². The SMILES string of the molecule is O=C1Nc2sc3c(c2C(=O)Nc2c1sc1nc(-c4ccco4)cc(C(F)(F)F)c21)CCC3. The first kappa shape index (κ1) is 19.5. The molecule has 1 aliphatic heterocycles. The molecule has 2 N–H and O–H groups in total. The molecule has 0 saturated heterocycles. The molecule has 6 nitrogen and oxygen atoms in total. The van der Waals surface area contributed by atoms with Crippen molar-refractivity contribution < 1.29 is 27.2 Å². The second kappa shape index (κ2) is 6.66. The predicted molar refractivity (Wildman–Crippen MR) is 115 cm³/mol. The number of aromatic nitrogens is 1. The number of hydrogen-bond donors (Lipinski definition) is 2. The average Bonchev–Trinajstić information content (AvgIpc) is 3.49. The third-order valence-corrected chi connectivity index (χ3v) is 7.85. The van der Waals surface area contributed by atoms with Crippen LogP contribution in [0.5, 0.6) is 0 Å². The fourth-order valence-corrected chi connectivity index (χ4v) is 6.55. The molecule has 0 atom stereocenters. The maximum atomic E-state index is 14.1. The molecule has 5 heterocycles. The van der Waals surface area contributed by atoms with E-state index in [4.69, 9.17) is 4.42 Å². The van der Waals surface area contributed by atoms with Crippen molar-refractivity contribution in [2.45, 2.75) is 25.4 Å². The molecule has 0 spiro atoms. The molecule has 0 aromatic carbocycles. The Hall–Kier alpha value is -3.18. The van der Waals surface area contributed by atoms with Crippen LogP contribution in [0.15, 0.2) is 28.9 Å². The standard InChI is InChI=1S/C21H12F3N3O3S2/c22-21(23,24)9-7-10(11-4-2-6-30-11)25-20-14(9)15-16(32-20)18(29)27-19-13(17(28)26-15)8-3-1-5-12(8)31-19/h2,4,6-7H,1,3,5H2,(H,26,28)(H,27,29). The lowest BCUT2D eigenvalue weighted by atomic mass is 10.1.